The maximum atomic E-state index is 12.3. The first-order chi connectivity index (χ1) is 14.5. The van der Waals surface area contributed by atoms with Crippen molar-refractivity contribution in [3.63, 3.8) is 0 Å². The van der Waals surface area contributed by atoms with Gasteiger partial charge < -0.3 is 5.11 Å². The molecular weight excluding hydrogens is 394 g/mol. The summed E-state index contributed by atoms with van der Waals surface area (Å²) in [6, 6.07) is 19.3. The Bertz CT molecular complexity index is 1280. The average Bonchev–Trinajstić information content (AvgIpc) is 2.74. The number of hydrogen-bond acceptors (Lipinski definition) is 5. The van der Waals surface area contributed by atoms with Gasteiger partial charge in [0.2, 0.25) is 5.91 Å². The van der Waals surface area contributed by atoms with E-state index in [1.807, 2.05) is 62.4 Å². The highest BCUT2D eigenvalue weighted by Gasteiger charge is 2.09. The van der Waals surface area contributed by atoms with Crippen molar-refractivity contribution in [1.29, 1.82) is 0 Å². The summed E-state index contributed by atoms with van der Waals surface area (Å²) in [5.41, 5.74) is 6.12. The van der Waals surface area contributed by atoms with Gasteiger partial charge in [-0.25, -0.2) is 5.43 Å². The maximum absolute atomic E-state index is 12.3. The van der Waals surface area contributed by atoms with Crippen molar-refractivity contribution in [2.45, 2.75) is 18.7 Å². The van der Waals surface area contributed by atoms with Crippen molar-refractivity contribution in [3.8, 4) is 5.75 Å². The molecule has 150 valence electrons. The lowest BCUT2D eigenvalue weighted by Gasteiger charge is -2.08. The number of carbonyl (C=O) groups excluding carboxylic acids is 1. The smallest absolute Gasteiger partial charge is 0.250 e. The number of pyridine rings is 1. The summed E-state index contributed by atoms with van der Waals surface area (Å²) in [7, 11) is 0. The van der Waals surface area contributed by atoms with Crippen LogP contribution in [-0.4, -0.2) is 28.0 Å². The fourth-order valence-electron chi connectivity index (χ4n) is 3.32. The lowest BCUT2D eigenvalue weighted by atomic mass is 10.0. The Balaban J connectivity index is 1.46. The first-order valence-electron chi connectivity index (χ1n) is 9.55. The second-order valence-electron chi connectivity index (χ2n) is 7.08. The first-order valence-corrected chi connectivity index (χ1v) is 10.5. The molecule has 0 saturated carbocycles. The Morgan fingerprint density at radius 3 is 2.80 bits per heavy atom. The zero-order valence-corrected chi connectivity index (χ0v) is 17.5. The normalized spacial score (nSPS) is 11.4. The zero-order chi connectivity index (χ0) is 21.1. The molecule has 2 N–H and O–H groups in total. The Hall–Kier alpha value is -3.38. The molecule has 0 bridgehead atoms. The van der Waals surface area contributed by atoms with Crippen LogP contribution in [-0.2, 0) is 4.79 Å². The van der Waals surface area contributed by atoms with E-state index < -0.39 is 0 Å². The van der Waals surface area contributed by atoms with Crippen LogP contribution in [0.1, 0.15) is 16.8 Å². The molecule has 4 aromatic rings. The summed E-state index contributed by atoms with van der Waals surface area (Å²) in [6.07, 6.45) is 1.48. The summed E-state index contributed by atoms with van der Waals surface area (Å²) in [4.78, 5) is 17.9. The number of hydrogen-bond donors (Lipinski definition) is 2. The lowest BCUT2D eigenvalue weighted by molar-refractivity contribution is -0.118. The molecule has 5 nitrogen and oxygen atoms in total. The van der Waals surface area contributed by atoms with E-state index >= 15 is 0 Å². The molecule has 0 atom stereocenters. The predicted molar refractivity (Wildman–Crippen MR) is 123 cm³/mol. The van der Waals surface area contributed by atoms with Gasteiger partial charge >= 0.3 is 0 Å². The van der Waals surface area contributed by atoms with Gasteiger partial charge in [0.1, 0.15) is 5.75 Å². The third kappa shape index (κ3) is 4.28. The molecule has 0 unspecified atom stereocenters. The van der Waals surface area contributed by atoms with E-state index in [0.29, 0.717) is 5.56 Å². The molecule has 1 heterocycles. The molecule has 0 radical (unpaired) electrons. The van der Waals surface area contributed by atoms with Gasteiger partial charge in [-0.15, -0.1) is 11.8 Å². The molecule has 30 heavy (non-hydrogen) atoms. The molecule has 0 saturated heterocycles. The largest absolute Gasteiger partial charge is 0.507 e. The summed E-state index contributed by atoms with van der Waals surface area (Å²) < 4.78 is 0. The van der Waals surface area contributed by atoms with E-state index in [2.05, 4.69) is 21.6 Å². The monoisotopic (exact) mass is 415 g/mol. The van der Waals surface area contributed by atoms with Crippen LogP contribution in [0.15, 0.2) is 70.7 Å². The van der Waals surface area contributed by atoms with Crippen LogP contribution in [0.25, 0.3) is 21.7 Å². The number of thioether (sulfide) groups is 1. The van der Waals surface area contributed by atoms with Crippen molar-refractivity contribution in [2.24, 2.45) is 5.10 Å². The Labute approximate surface area is 178 Å². The maximum Gasteiger partial charge on any atom is 0.250 e. The van der Waals surface area contributed by atoms with E-state index in [0.717, 1.165) is 37.8 Å². The number of aromatic nitrogens is 1. The highest BCUT2D eigenvalue weighted by molar-refractivity contribution is 8.00. The number of carbonyl (C=O) groups is 1. The Morgan fingerprint density at radius 2 is 1.93 bits per heavy atom. The Kier molecular flexibility index (Phi) is 5.68. The number of phenolic OH excluding ortho intramolecular Hbond substituents is 1. The van der Waals surface area contributed by atoms with Crippen LogP contribution < -0.4 is 5.43 Å². The second-order valence-corrected chi connectivity index (χ2v) is 8.10. The molecule has 1 amide bonds. The number of benzene rings is 3. The van der Waals surface area contributed by atoms with E-state index in [-0.39, 0.29) is 17.4 Å². The van der Waals surface area contributed by atoms with E-state index in [1.165, 1.54) is 18.0 Å². The number of aromatic hydroxyl groups is 1. The van der Waals surface area contributed by atoms with Gasteiger partial charge in [0, 0.05) is 21.5 Å². The molecule has 6 heteroatoms. The summed E-state index contributed by atoms with van der Waals surface area (Å²) in [5, 5.41) is 17.1. The third-order valence-corrected chi connectivity index (χ3v) is 5.80. The van der Waals surface area contributed by atoms with Gasteiger partial charge in [-0.2, -0.15) is 5.10 Å². The predicted octanol–water partition coefficient (Wildman–Crippen LogP) is 4.95. The highest BCUT2D eigenvalue weighted by atomic mass is 32.2. The number of aryl methyl sites for hydroxylation is 2. The number of fused-ring (bicyclic) bond motifs is 2. The second kappa shape index (κ2) is 8.55. The van der Waals surface area contributed by atoms with Crippen LogP contribution >= 0.6 is 11.8 Å². The summed E-state index contributed by atoms with van der Waals surface area (Å²) in [5.74, 6) is 0.132. The van der Waals surface area contributed by atoms with Gasteiger partial charge in [-0.1, -0.05) is 42.0 Å². The van der Waals surface area contributed by atoms with Crippen molar-refractivity contribution in [3.05, 3.63) is 77.5 Å². The van der Waals surface area contributed by atoms with Crippen LogP contribution in [0.2, 0.25) is 0 Å². The van der Waals surface area contributed by atoms with Gasteiger partial charge in [0.05, 0.1) is 17.5 Å². The van der Waals surface area contributed by atoms with Crippen molar-refractivity contribution < 1.29 is 9.90 Å². The van der Waals surface area contributed by atoms with Crippen molar-refractivity contribution in [2.75, 3.05) is 5.75 Å². The van der Waals surface area contributed by atoms with E-state index in [4.69, 9.17) is 0 Å². The van der Waals surface area contributed by atoms with Gasteiger partial charge in [0.15, 0.2) is 0 Å². The van der Waals surface area contributed by atoms with Crippen LogP contribution in [0, 0.1) is 13.8 Å². The molecule has 3 aromatic carbocycles. The summed E-state index contributed by atoms with van der Waals surface area (Å²) >= 11 is 1.46. The highest BCUT2D eigenvalue weighted by Crippen LogP contribution is 2.29. The zero-order valence-electron chi connectivity index (χ0n) is 16.7. The number of nitrogens with zero attached hydrogens (tertiary/aromatic N) is 2. The molecule has 0 aliphatic carbocycles. The summed E-state index contributed by atoms with van der Waals surface area (Å²) in [6.45, 7) is 3.99. The number of hydrazone groups is 1. The number of nitrogens with one attached hydrogen (secondary N) is 1. The number of rotatable bonds is 5. The van der Waals surface area contributed by atoms with Crippen molar-refractivity contribution >= 4 is 45.6 Å². The van der Waals surface area contributed by atoms with Crippen LogP contribution in [0.4, 0.5) is 0 Å². The van der Waals surface area contributed by atoms with E-state index in [9.17, 15) is 9.90 Å². The third-order valence-electron chi connectivity index (χ3n) is 4.74. The van der Waals surface area contributed by atoms with Crippen molar-refractivity contribution in [1.82, 2.24) is 10.4 Å². The molecule has 0 spiro atoms. The van der Waals surface area contributed by atoms with Gasteiger partial charge in [-0.3, -0.25) is 9.78 Å². The average molecular weight is 416 g/mol. The SMILES string of the molecule is Cc1ccc2nc(C)cc(SCC(=O)N/N=C\c3c(O)ccc4ccccc34)c2c1. The minimum Gasteiger partial charge on any atom is -0.507 e. The lowest BCUT2D eigenvalue weighted by Crippen LogP contribution is -2.19. The minimum atomic E-state index is -0.216. The van der Waals surface area contributed by atoms with Crippen LogP contribution in [0.5, 0.6) is 5.75 Å². The van der Waals surface area contributed by atoms with Gasteiger partial charge in [-0.05, 0) is 48.9 Å². The molecular formula is C24H21N3O2S. The number of amides is 1. The standard InChI is InChI=1S/C24H21N3O2S/c1-15-7-9-21-19(11-15)23(12-16(2)26-21)30-14-24(29)27-25-13-20-18-6-4-3-5-17(18)8-10-22(20)28/h3-13,28H,14H2,1-2H3,(H,27,29)/b25-13-. The fraction of sp³-hybridized carbons (Fsp3) is 0.125. The molecule has 4 rings (SSSR count). The molecule has 0 aliphatic rings. The first kappa shape index (κ1) is 19.9. The molecule has 0 fully saturated rings. The van der Waals surface area contributed by atoms with E-state index in [1.54, 1.807) is 6.07 Å². The fourth-order valence-corrected chi connectivity index (χ4v) is 4.24. The molecule has 0 aliphatic heterocycles. The Morgan fingerprint density at radius 1 is 1.10 bits per heavy atom. The van der Waals surface area contributed by atoms with Gasteiger partial charge in [0.25, 0.3) is 0 Å². The quantitative estimate of drug-likeness (QED) is 0.275. The minimum absolute atomic E-state index is 0.121. The number of phenols is 1. The van der Waals surface area contributed by atoms with Crippen LogP contribution in [0.3, 0.4) is 0 Å². The topological polar surface area (TPSA) is 74.6 Å². The molecule has 1 aromatic heterocycles.